The molecular weight excluding hydrogens is 366 g/mol. The molecule has 2 N–H and O–H groups in total. The maximum Gasteiger partial charge on any atom is 0.190 e. The van der Waals surface area contributed by atoms with Gasteiger partial charge in [-0.2, -0.15) is 0 Å². The Balaban J connectivity index is 2.01. The highest BCUT2D eigenvalue weighted by atomic mass is 32.2. The number of rotatable bonds is 8. The maximum absolute atomic E-state index is 9.71. The van der Waals surface area contributed by atoms with Gasteiger partial charge in [0.15, 0.2) is 5.16 Å². The number of anilines is 1. The second-order valence-corrected chi connectivity index (χ2v) is 9.39. The van der Waals surface area contributed by atoms with Crippen molar-refractivity contribution in [3.8, 4) is 0 Å². The van der Waals surface area contributed by atoms with E-state index in [9.17, 15) is 5.11 Å². The molecule has 3 rings (SSSR count). The van der Waals surface area contributed by atoms with E-state index < -0.39 is 6.10 Å². The Morgan fingerprint density at radius 1 is 1.38 bits per heavy atom. The molecule has 0 aromatic carbocycles. The third-order valence-electron chi connectivity index (χ3n) is 4.86. The van der Waals surface area contributed by atoms with Crippen LogP contribution in [0.1, 0.15) is 57.4 Å². The van der Waals surface area contributed by atoms with Crippen molar-refractivity contribution in [3.63, 3.8) is 0 Å². The molecule has 0 unspecified atom stereocenters. The predicted octanol–water partition coefficient (Wildman–Crippen LogP) is 4.62. The van der Waals surface area contributed by atoms with Crippen molar-refractivity contribution >= 4 is 39.1 Å². The minimum absolute atomic E-state index is 0.128. The van der Waals surface area contributed by atoms with Crippen LogP contribution in [0.4, 0.5) is 5.82 Å². The highest BCUT2D eigenvalue weighted by Gasteiger charge is 2.33. The van der Waals surface area contributed by atoms with Gasteiger partial charge in [-0.3, -0.25) is 0 Å². The van der Waals surface area contributed by atoms with Crippen LogP contribution in [0.25, 0.3) is 10.2 Å². The fourth-order valence-electron chi connectivity index (χ4n) is 3.02. The number of aromatic nitrogens is 2. The zero-order chi connectivity index (χ0) is 18.7. The van der Waals surface area contributed by atoms with Crippen LogP contribution in [-0.2, 0) is 17.8 Å². The van der Waals surface area contributed by atoms with E-state index in [0.29, 0.717) is 13.2 Å². The number of aliphatic hydroxyl groups excluding tert-OH is 1. The molecule has 2 atom stereocenters. The van der Waals surface area contributed by atoms with E-state index in [1.165, 1.54) is 16.9 Å². The summed E-state index contributed by atoms with van der Waals surface area (Å²) >= 11 is 3.43. The van der Waals surface area contributed by atoms with Gasteiger partial charge in [-0.15, -0.1) is 11.3 Å². The Morgan fingerprint density at radius 2 is 2.19 bits per heavy atom. The lowest BCUT2D eigenvalue weighted by Gasteiger charge is -2.33. The SMILES string of the molecule is CCCCSc1nc(NC[C@H](C)O)c2c3c(sc2n1)CO[C@](C)(CC)C3. The number of nitrogens with one attached hydrogen (secondary N) is 1. The van der Waals surface area contributed by atoms with Crippen molar-refractivity contribution < 1.29 is 9.84 Å². The van der Waals surface area contributed by atoms with Gasteiger partial charge in [0.1, 0.15) is 10.6 Å². The Hall–Kier alpha value is -0.890. The van der Waals surface area contributed by atoms with Crippen molar-refractivity contribution in [1.82, 2.24) is 9.97 Å². The molecule has 2 aromatic rings. The first kappa shape index (κ1) is 19.9. The Labute approximate surface area is 164 Å². The number of hydrogen-bond donors (Lipinski definition) is 2. The molecule has 3 heterocycles. The number of ether oxygens (including phenoxy) is 1. The second-order valence-electron chi connectivity index (χ2n) is 7.24. The average molecular weight is 396 g/mol. The van der Waals surface area contributed by atoms with Gasteiger partial charge in [-0.1, -0.05) is 32.0 Å². The summed E-state index contributed by atoms with van der Waals surface area (Å²) in [6, 6.07) is 0. The molecule has 7 heteroatoms. The second kappa shape index (κ2) is 8.42. The van der Waals surface area contributed by atoms with E-state index in [2.05, 4.69) is 26.1 Å². The summed E-state index contributed by atoms with van der Waals surface area (Å²) in [7, 11) is 0. The number of fused-ring (bicyclic) bond motifs is 3. The van der Waals surface area contributed by atoms with Gasteiger partial charge in [0.05, 0.1) is 23.7 Å². The van der Waals surface area contributed by atoms with Crippen LogP contribution >= 0.6 is 23.1 Å². The van der Waals surface area contributed by atoms with E-state index in [0.717, 1.165) is 46.2 Å². The minimum Gasteiger partial charge on any atom is -0.392 e. The highest BCUT2D eigenvalue weighted by Crippen LogP contribution is 2.42. The first-order valence-corrected chi connectivity index (χ1v) is 11.3. The molecule has 1 aliphatic rings. The fourth-order valence-corrected chi connectivity index (χ4v) is 5.11. The third-order valence-corrected chi connectivity index (χ3v) is 6.89. The number of hydrogen-bond acceptors (Lipinski definition) is 7. The summed E-state index contributed by atoms with van der Waals surface area (Å²) in [6.45, 7) is 9.46. The summed E-state index contributed by atoms with van der Waals surface area (Å²) in [4.78, 5) is 11.9. The lowest BCUT2D eigenvalue weighted by atomic mass is 9.90. The Morgan fingerprint density at radius 3 is 2.88 bits per heavy atom. The van der Waals surface area contributed by atoms with E-state index in [1.807, 2.05) is 0 Å². The average Bonchev–Trinajstić information content (AvgIpc) is 2.97. The van der Waals surface area contributed by atoms with Crippen molar-refractivity contribution in [2.45, 2.75) is 76.8 Å². The molecule has 0 spiro atoms. The van der Waals surface area contributed by atoms with Crippen LogP contribution in [0.15, 0.2) is 5.16 Å². The number of thiophene rings is 1. The summed E-state index contributed by atoms with van der Waals surface area (Å²) in [6.07, 6.45) is 3.77. The summed E-state index contributed by atoms with van der Waals surface area (Å²) in [5.41, 5.74) is 1.19. The van der Waals surface area contributed by atoms with Crippen LogP contribution in [-0.4, -0.2) is 39.1 Å². The molecular formula is C19H29N3O2S2. The summed E-state index contributed by atoms with van der Waals surface area (Å²) in [5.74, 6) is 1.88. The first-order valence-electron chi connectivity index (χ1n) is 9.46. The Bertz CT molecular complexity index is 763. The normalized spacial score (nSPS) is 21.0. The first-order chi connectivity index (χ1) is 12.5. The van der Waals surface area contributed by atoms with Gasteiger partial charge in [-0.05, 0) is 32.3 Å². The molecule has 0 saturated carbocycles. The number of unbranched alkanes of at least 4 members (excludes halogenated alkanes) is 1. The van der Waals surface area contributed by atoms with E-state index in [1.54, 1.807) is 30.0 Å². The van der Waals surface area contributed by atoms with Gasteiger partial charge in [0.2, 0.25) is 0 Å². The summed E-state index contributed by atoms with van der Waals surface area (Å²) in [5, 5.41) is 15.0. The largest absolute Gasteiger partial charge is 0.392 e. The number of nitrogens with zero attached hydrogens (tertiary/aromatic N) is 2. The smallest absolute Gasteiger partial charge is 0.190 e. The quantitative estimate of drug-likeness (QED) is 0.386. The summed E-state index contributed by atoms with van der Waals surface area (Å²) < 4.78 is 6.12. The highest BCUT2D eigenvalue weighted by molar-refractivity contribution is 7.99. The molecule has 2 aromatic heterocycles. The van der Waals surface area contributed by atoms with Gasteiger partial charge in [0.25, 0.3) is 0 Å². The standard InChI is InChI=1S/C19H29N3O2S2/c1-5-7-8-25-18-21-16(20-10-12(3)23)15-13-9-19(4,6-2)24-11-14(13)26-17(15)22-18/h12,23H,5-11H2,1-4H3,(H,20,21,22)/t12-,19+/m0/s1. The maximum atomic E-state index is 9.71. The van der Waals surface area contributed by atoms with Crippen molar-refractivity contribution in [2.75, 3.05) is 17.6 Å². The lowest BCUT2D eigenvalue weighted by Crippen LogP contribution is -2.34. The van der Waals surface area contributed by atoms with Gasteiger partial charge in [-0.25, -0.2) is 9.97 Å². The van der Waals surface area contributed by atoms with Crippen LogP contribution in [0.5, 0.6) is 0 Å². The molecule has 0 fully saturated rings. The molecule has 0 aliphatic carbocycles. The Kier molecular flexibility index (Phi) is 6.43. The molecule has 144 valence electrons. The van der Waals surface area contributed by atoms with E-state index in [4.69, 9.17) is 14.7 Å². The van der Waals surface area contributed by atoms with Crippen LogP contribution in [0.2, 0.25) is 0 Å². The zero-order valence-electron chi connectivity index (χ0n) is 16.1. The van der Waals surface area contributed by atoms with E-state index in [-0.39, 0.29) is 5.60 Å². The molecule has 0 radical (unpaired) electrons. The molecule has 1 aliphatic heterocycles. The third kappa shape index (κ3) is 4.32. The molecule has 0 amide bonds. The molecule has 5 nitrogen and oxygen atoms in total. The van der Waals surface area contributed by atoms with Gasteiger partial charge in [0, 0.05) is 23.6 Å². The van der Waals surface area contributed by atoms with Gasteiger partial charge < -0.3 is 15.2 Å². The topological polar surface area (TPSA) is 67.3 Å². The monoisotopic (exact) mass is 395 g/mol. The molecule has 0 bridgehead atoms. The fraction of sp³-hybridized carbons (Fsp3) is 0.684. The predicted molar refractivity (Wildman–Crippen MR) is 110 cm³/mol. The van der Waals surface area contributed by atoms with Crippen molar-refractivity contribution in [1.29, 1.82) is 0 Å². The van der Waals surface area contributed by atoms with Crippen LogP contribution < -0.4 is 5.32 Å². The van der Waals surface area contributed by atoms with Crippen LogP contribution in [0, 0.1) is 0 Å². The van der Waals surface area contributed by atoms with Crippen LogP contribution in [0.3, 0.4) is 0 Å². The van der Waals surface area contributed by atoms with Gasteiger partial charge >= 0.3 is 0 Å². The molecule has 0 saturated heterocycles. The lowest BCUT2D eigenvalue weighted by molar-refractivity contribution is -0.0542. The molecule has 26 heavy (non-hydrogen) atoms. The van der Waals surface area contributed by atoms with Crippen molar-refractivity contribution in [2.24, 2.45) is 0 Å². The van der Waals surface area contributed by atoms with Crippen molar-refractivity contribution in [3.05, 3.63) is 10.4 Å². The van der Waals surface area contributed by atoms with E-state index >= 15 is 0 Å². The minimum atomic E-state index is -0.421. The number of aliphatic hydroxyl groups is 1. The zero-order valence-corrected chi connectivity index (χ0v) is 17.7. The number of thioether (sulfide) groups is 1.